The first-order chi connectivity index (χ1) is 12.9. The van der Waals surface area contributed by atoms with E-state index in [9.17, 15) is 9.59 Å². The fraction of sp³-hybridized carbons (Fsp3) is 0.350. The number of esters is 1. The number of methoxy groups -OCH3 is 1. The smallest absolute Gasteiger partial charge is 0.341 e. The van der Waals surface area contributed by atoms with Gasteiger partial charge in [-0.25, -0.2) is 4.79 Å². The number of ether oxygens (including phenoxy) is 1. The Morgan fingerprint density at radius 1 is 1.26 bits per heavy atom. The first-order valence-corrected chi connectivity index (χ1v) is 8.83. The van der Waals surface area contributed by atoms with Crippen LogP contribution in [0.3, 0.4) is 0 Å². The number of fused-ring (bicyclic) bond motifs is 1. The van der Waals surface area contributed by atoms with Gasteiger partial charge in [0.25, 0.3) is 5.56 Å². The van der Waals surface area contributed by atoms with E-state index in [4.69, 9.17) is 4.74 Å². The predicted octanol–water partition coefficient (Wildman–Crippen LogP) is 2.19. The average molecular weight is 368 g/mol. The van der Waals surface area contributed by atoms with Crippen molar-refractivity contribution in [1.29, 1.82) is 0 Å². The molecule has 0 aliphatic carbocycles. The third-order valence-corrected chi connectivity index (χ3v) is 4.40. The molecule has 7 nitrogen and oxygen atoms in total. The summed E-state index contributed by atoms with van der Waals surface area (Å²) >= 11 is 0. The minimum absolute atomic E-state index is 0.247. The first kappa shape index (κ1) is 18.8. The monoisotopic (exact) mass is 368 g/mol. The molecule has 0 aromatic heterocycles. The summed E-state index contributed by atoms with van der Waals surface area (Å²) in [6.07, 6.45) is 4.36. The lowest BCUT2D eigenvalue weighted by molar-refractivity contribution is 0.0600. The summed E-state index contributed by atoms with van der Waals surface area (Å²) in [7, 11) is 5.35. The zero-order valence-corrected chi connectivity index (χ0v) is 16.1. The number of aryl methyl sites for hydroxylation is 2. The number of carbonyl (C=O) groups excluding carboxylic acids is 1. The lowest BCUT2D eigenvalue weighted by atomic mass is 10.1. The second-order valence-corrected chi connectivity index (χ2v) is 6.88. The highest BCUT2D eigenvalue weighted by molar-refractivity contribution is 5.96. The quantitative estimate of drug-likeness (QED) is 0.624. The Morgan fingerprint density at radius 2 is 2.04 bits per heavy atom. The maximum atomic E-state index is 13.0. The molecular weight excluding hydrogens is 344 g/mol. The van der Waals surface area contributed by atoms with Crippen LogP contribution in [0.1, 0.15) is 22.3 Å². The van der Waals surface area contributed by atoms with E-state index in [0.29, 0.717) is 29.1 Å². The molecule has 1 aromatic rings. The van der Waals surface area contributed by atoms with Gasteiger partial charge in [-0.1, -0.05) is 12.1 Å². The topological polar surface area (TPSA) is 69.4 Å². The van der Waals surface area contributed by atoms with Crippen LogP contribution in [-0.2, 0) is 11.3 Å². The number of carbonyl (C=O) groups is 1. The van der Waals surface area contributed by atoms with E-state index >= 15 is 0 Å². The maximum absolute atomic E-state index is 13.0. The van der Waals surface area contributed by atoms with Gasteiger partial charge in [-0.15, -0.1) is 0 Å². The van der Waals surface area contributed by atoms with Gasteiger partial charge >= 0.3 is 5.97 Å². The van der Waals surface area contributed by atoms with E-state index in [1.165, 1.54) is 11.8 Å². The Morgan fingerprint density at radius 3 is 2.70 bits per heavy atom. The standard InChI is InChI=1S/C20H24N4O3/c1-14-7-5-8-15(11-14)24-19(25)16-12-23(10-6-9-22(2)3)13-17(18(16)21-24)20(26)27-4/h5,7-8,11-13H,6,9-10H2,1-4H3. The summed E-state index contributed by atoms with van der Waals surface area (Å²) in [6.45, 7) is 3.55. The van der Waals surface area contributed by atoms with E-state index in [0.717, 1.165) is 18.5 Å². The molecule has 142 valence electrons. The molecule has 0 amide bonds. The van der Waals surface area contributed by atoms with Crippen molar-refractivity contribution in [3.8, 4) is 16.9 Å². The van der Waals surface area contributed by atoms with Crippen LogP contribution < -0.4 is 5.56 Å². The Labute approximate surface area is 158 Å². The van der Waals surface area contributed by atoms with Crippen molar-refractivity contribution in [1.82, 2.24) is 19.2 Å². The minimum atomic E-state index is -0.504. The zero-order chi connectivity index (χ0) is 19.6. The number of aromatic nitrogens is 3. The third kappa shape index (κ3) is 3.93. The fourth-order valence-electron chi connectivity index (χ4n) is 3.05. The van der Waals surface area contributed by atoms with Crippen molar-refractivity contribution < 1.29 is 9.53 Å². The second-order valence-electron chi connectivity index (χ2n) is 6.88. The fourth-order valence-corrected chi connectivity index (χ4v) is 3.05. The van der Waals surface area contributed by atoms with Gasteiger partial charge in [-0.05, 0) is 51.7 Å². The van der Waals surface area contributed by atoms with E-state index in [2.05, 4.69) is 10.00 Å². The largest absolute Gasteiger partial charge is 0.465 e. The number of nitrogens with zero attached hydrogens (tertiary/aromatic N) is 4. The predicted molar refractivity (Wildman–Crippen MR) is 104 cm³/mol. The molecule has 2 aliphatic rings. The highest BCUT2D eigenvalue weighted by atomic mass is 16.5. The van der Waals surface area contributed by atoms with Gasteiger partial charge in [-0.2, -0.15) is 9.78 Å². The molecule has 1 aromatic carbocycles. The Kier molecular flexibility index (Phi) is 5.41. The highest BCUT2D eigenvalue weighted by Gasteiger charge is 2.24. The van der Waals surface area contributed by atoms with Crippen LogP contribution in [0.25, 0.3) is 16.9 Å². The van der Waals surface area contributed by atoms with Crippen molar-refractivity contribution in [2.45, 2.75) is 19.9 Å². The summed E-state index contributed by atoms with van der Waals surface area (Å²) in [6, 6.07) is 7.54. The van der Waals surface area contributed by atoms with Gasteiger partial charge in [0.1, 0.15) is 11.3 Å². The molecule has 0 N–H and O–H groups in total. The molecule has 0 fully saturated rings. The van der Waals surface area contributed by atoms with Crippen LogP contribution in [-0.4, -0.2) is 53.0 Å². The molecule has 7 heteroatoms. The zero-order valence-electron chi connectivity index (χ0n) is 16.1. The Hall–Kier alpha value is -2.93. The summed E-state index contributed by atoms with van der Waals surface area (Å²) in [5.41, 5.74) is 2.51. The van der Waals surface area contributed by atoms with E-state index in [1.54, 1.807) is 12.4 Å². The van der Waals surface area contributed by atoms with Crippen LogP contribution in [0, 0.1) is 6.92 Å². The van der Waals surface area contributed by atoms with Crippen LogP contribution in [0.2, 0.25) is 0 Å². The molecule has 0 saturated heterocycles. The first-order valence-electron chi connectivity index (χ1n) is 8.83. The van der Waals surface area contributed by atoms with E-state index in [1.807, 2.05) is 49.9 Å². The van der Waals surface area contributed by atoms with Crippen molar-refractivity contribution in [3.63, 3.8) is 0 Å². The van der Waals surface area contributed by atoms with Gasteiger partial charge in [0, 0.05) is 18.9 Å². The molecule has 2 heterocycles. The number of rotatable bonds is 6. The van der Waals surface area contributed by atoms with Crippen LogP contribution in [0.5, 0.6) is 0 Å². The van der Waals surface area contributed by atoms with Crippen molar-refractivity contribution in [2.75, 3.05) is 27.7 Å². The number of hydrogen-bond donors (Lipinski definition) is 0. The molecule has 2 aliphatic heterocycles. The highest BCUT2D eigenvalue weighted by Crippen LogP contribution is 2.23. The number of benzene rings is 1. The summed E-state index contributed by atoms with van der Waals surface area (Å²) in [5.74, 6) is -0.504. The number of pyridine rings is 1. The van der Waals surface area contributed by atoms with Gasteiger partial charge in [0.15, 0.2) is 0 Å². The van der Waals surface area contributed by atoms with Gasteiger partial charge in [0.2, 0.25) is 0 Å². The van der Waals surface area contributed by atoms with E-state index < -0.39 is 5.97 Å². The van der Waals surface area contributed by atoms with E-state index in [-0.39, 0.29) is 5.56 Å². The summed E-state index contributed by atoms with van der Waals surface area (Å²) in [4.78, 5) is 27.3. The van der Waals surface area contributed by atoms with Crippen molar-refractivity contribution >= 4 is 5.97 Å². The normalized spacial score (nSPS) is 11.3. The summed E-state index contributed by atoms with van der Waals surface area (Å²) in [5, 5.41) is 4.42. The lowest BCUT2D eigenvalue weighted by Gasteiger charge is -2.13. The van der Waals surface area contributed by atoms with Crippen LogP contribution in [0.4, 0.5) is 0 Å². The van der Waals surface area contributed by atoms with Crippen LogP contribution >= 0.6 is 0 Å². The molecule has 0 atom stereocenters. The van der Waals surface area contributed by atoms with Gasteiger partial charge < -0.3 is 14.2 Å². The van der Waals surface area contributed by atoms with Gasteiger partial charge in [0.05, 0.1) is 18.4 Å². The Bertz CT molecular complexity index is 987. The lowest BCUT2D eigenvalue weighted by Crippen LogP contribution is -2.17. The van der Waals surface area contributed by atoms with Crippen LogP contribution in [0.15, 0.2) is 41.5 Å². The molecule has 27 heavy (non-hydrogen) atoms. The maximum Gasteiger partial charge on any atom is 0.341 e. The molecule has 3 rings (SSSR count). The van der Waals surface area contributed by atoms with Gasteiger partial charge in [-0.3, -0.25) is 4.79 Å². The Balaban J connectivity index is 2.11. The number of hydrogen-bond acceptors (Lipinski definition) is 5. The molecule has 0 unspecified atom stereocenters. The third-order valence-electron chi connectivity index (χ3n) is 4.40. The minimum Gasteiger partial charge on any atom is -0.465 e. The molecule has 0 bridgehead atoms. The van der Waals surface area contributed by atoms with Crippen molar-refractivity contribution in [2.24, 2.45) is 0 Å². The summed E-state index contributed by atoms with van der Waals surface area (Å²) < 4.78 is 8.11. The second kappa shape index (κ2) is 7.75. The molecule has 0 spiro atoms. The molecule has 0 radical (unpaired) electrons. The SMILES string of the molecule is COC(=O)c1cn(CCCN(C)C)cc2c(=O)n(-c3cccc(C)c3)nc1-2. The molecule has 0 saturated carbocycles. The average Bonchev–Trinajstić information content (AvgIpc) is 2.97. The molecular formula is C20H24N4O3. The van der Waals surface area contributed by atoms with Crippen molar-refractivity contribution in [3.05, 3.63) is 58.1 Å².